The quantitative estimate of drug-likeness (QED) is 0.875. The van der Waals surface area contributed by atoms with Crippen LogP contribution in [0.2, 0.25) is 0 Å². The lowest BCUT2D eigenvalue weighted by molar-refractivity contribution is 0.461. The summed E-state index contributed by atoms with van der Waals surface area (Å²) in [6.07, 6.45) is 1.93. The van der Waals surface area contributed by atoms with E-state index >= 15 is 0 Å². The third-order valence-corrected chi connectivity index (χ3v) is 4.67. The second kappa shape index (κ2) is 5.99. The summed E-state index contributed by atoms with van der Waals surface area (Å²) in [7, 11) is 1.98. The van der Waals surface area contributed by atoms with Crippen LogP contribution in [0.3, 0.4) is 0 Å². The van der Waals surface area contributed by atoms with E-state index in [-0.39, 0.29) is 0 Å². The van der Waals surface area contributed by atoms with Crippen LogP contribution in [0.25, 0.3) is 10.6 Å². The zero-order valence-corrected chi connectivity index (χ0v) is 13.2. The largest absolute Gasteiger partial charge is 0.341 e. The predicted molar refractivity (Wildman–Crippen MR) is 81.1 cm³/mol. The molecule has 98 valence electrons. The molecule has 0 saturated carbocycles. The molecule has 0 spiro atoms. The summed E-state index contributed by atoms with van der Waals surface area (Å²) in [6.45, 7) is 5.40. The molecule has 2 rings (SSSR count). The molecule has 0 saturated heterocycles. The maximum absolute atomic E-state index is 4.54. The normalized spacial score (nSPS) is 13.2. The molecule has 0 aromatic carbocycles. The number of hydrogen-bond acceptors (Lipinski definition) is 3. The fourth-order valence-corrected chi connectivity index (χ4v) is 3.33. The first-order valence-corrected chi connectivity index (χ1v) is 7.68. The number of halogens is 1. The molecule has 0 fully saturated rings. The Morgan fingerprint density at radius 3 is 2.78 bits per heavy atom. The minimum absolute atomic E-state index is 0.423. The predicted octanol–water partition coefficient (Wildman–Crippen LogP) is 3.86. The molecule has 0 aliphatic carbocycles. The second-order valence-corrected chi connectivity index (χ2v) is 7.16. The average Bonchev–Trinajstić information content (AvgIpc) is 2.93. The van der Waals surface area contributed by atoms with Crippen molar-refractivity contribution in [2.45, 2.75) is 19.8 Å². The summed E-state index contributed by atoms with van der Waals surface area (Å²) in [6, 6.07) is 4.17. The second-order valence-electron chi connectivity index (χ2n) is 4.69. The van der Waals surface area contributed by atoms with Crippen molar-refractivity contribution in [1.29, 1.82) is 0 Å². The Bertz CT molecular complexity index is 504. The van der Waals surface area contributed by atoms with Gasteiger partial charge in [0.15, 0.2) is 0 Å². The number of nitrogens with one attached hydrogen (secondary N) is 2. The van der Waals surface area contributed by atoms with Crippen molar-refractivity contribution >= 4 is 27.3 Å². The third-order valence-electron chi connectivity index (χ3n) is 3.01. The lowest BCUT2D eigenvalue weighted by Gasteiger charge is -2.17. The standard InChI is InChI=1S/C13H18BrN3S/c1-8(2)9(6-15-3)13-16-7-10(17-13)11-4-5-12(14)18-11/h4-5,7-9,15H,6H2,1-3H3,(H,16,17). The number of imidazole rings is 1. The van der Waals surface area contributed by atoms with Gasteiger partial charge in [0, 0.05) is 12.5 Å². The van der Waals surface area contributed by atoms with E-state index in [0.717, 1.165) is 21.8 Å². The van der Waals surface area contributed by atoms with Crippen LogP contribution < -0.4 is 5.32 Å². The maximum Gasteiger partial charge on any atom is 0.111 e. The zero-order chi connectivity index (χ0) is 13.1. The van der Waals surface area contributed by atoms with Crippen LogP contribution in [0.15, 0.2) is 22.1 Å². The van der Waals surface area contributed by atoms with Gasteiger partial charge in [0.25, 0.3) is 0 Å². The topological polar surface area (TPSA) is 40.7 Å². The van der Waals surface area contributed by atoms with Crippen molar-refractivity contribution in [1.82, 2.24) is 15.3 Å². The molecule has 1 unspecified atom stereocenters. The van der Waals surface area contributed by atoms with Gasteiger partial charge in [-0.2, -0.15) is 0 Å². The summed E-state index contributed by atoms with van der Waals surface area (Å²) in [5.74, 6) is 2.05. The number of nitrogens with zero attached hydrogens (tertiary/aromatic N) is 1. The van der Waals surface area contributed by atoms with Crippen LogP contribution in [0.4, 0.5) is 0 Å². The van der Waals surface area contributed by atoms with Crippen molar-refractivity contribution in [3.63, 3.8) is 0 Å². The molecule has 0 aliphatic rings. The van der Waals surface area contributed by atoms with E-state index < -0.39 is 0 Å². The fourth-order valence-electron chi connectivity index (χ4n) is 1.98. The van der Waals surface area contributed by atoms with Crippen LogP contribution in [-0.2, 0) is 0 Å². The van der Waals surface area contributed by atoms with Gasteiger partial charge in [-0.25, -0.2) is 4.98 Å². The Kier molecular flexibility index (Phi) is 4.59. The first kappa shape index (κ1) is 13.8. The van der Waals surface area contributed by atoms with Gasteiger partial charge in [-0.3, -0.25) is 0 Å². The molecule has 2 aromatic heterocycles. The van der Waals surface area contributed by atoms with E-state index in [2.05, 4.69) is 57.2 Å². The van der Waals surface area contributed by atoms with Gasteiger partial charge >= 0.3 is 0 Å². The van der Waals surface area contributed by atoms with E-state index in [9.17, 15) is 0 Å². The Balaban J connectivity index is 2.23. The van der Waals surface area contributed by atoms with Crippen LogP contribution >= 0.6 is 27.3 Å². The van der Waals surface area contributed by atoms with Crippen molar-refractivity contribution in [3.05, 3.63) is 27.9 Å². The van der Waals surface area contributed by atoms with Gasteiger partial charge in [-0.1, -0.05) is 13.8 Å². The summed E-state index contributed by atoms with van der Waals surface area (Å²) < 4.78 is 1.14. The van der Waals surface area contributed by atoms with E-state index in [1.54, 1.807) is 11.3 Å². The summed E-state index contributed by atoms with van der Waals surface area (Å²) in [4.78, 5) is 9.20. The van der Waals surface area contributed by atoms with Gasteiger partial charge in [0.05, 0.1) is 20.6 Å². The van der Waals surface area contributed by atoms with Gasteiger partial charge in [0.1, 0.15) is 5.82 Å². The summed E-state index contributed by atoms with van der Waals surface area (Å²) in [5.41, 5.74) is 1.10. The highest BCUT2D eigenvalue weighted by atomic mass is 79.9. The number of aromatic nitrogens is 2. The number of thiophene rings is 1. The maximum atomic E-state index is 4.54. The molecular weight excluding hydrogens is 310 g/mol. The molecular formula is C13H18BrN3S. The van der Waals surface area contributed by atoms with Crippen LogP contribution in [0.5, 0.6) is 0 Å². The van der Waals surface area contributed by atoms with Crippen molar-refractivity contribution in [2.24, 2.45) is 5.92 Å². The van der Waals surface area contributed by atoms with Gasteiger partial charge in [0.2, 0.25) is 0 Å². The number of likely N-dealkylation sites (N-methyl/N-ethyl adjacent to an activating group) is 1. The van der Waals surface area contributed by atoms with E-state index in [1.807, 2.05) is 13.2 Å². The number of rotatable bonds is 5. The highest BCUT2D eigenvalue weighted by Crippen LogP contribution is 2.31. The number of aromatic amines is 1. The number of H-pyrrole nitrogens is 1. The first-order chi connectivity index (χ1) is 8.61. The lowest BCUT2D eigenvalue weighted by Crippen LogP contribution is -2.22. The van der Waals surface area contributed by atoms with Crippen molar-refractivity contribution in [2.75, 3.05) is 13.6 Å². The first-order valence-electron chi connectivity index (χ1n) is 6.07. The lowest BCUT2D eigenvalue weighted by atomic mass is 9.95. The Morgan fingerprint density at radius 2 is 2.22 bits per heavy atom. The van der Waals surface area contributed by atoms with E-state index in [4.69, 9.17) is 0 Å². The smallest absolute Gasteiger partial charge is 0.111 e. The van der Waals surface area contributed by atoms with E-state index in [0.29, 0.717) is 11.8 Å². The molecule has 0 amide bonds. The molecule has 0 bridgehead atoms. The Morgan fingerprint density at radius 1 is 1.44 bits per heavy atom. The molecule has 0 aliphatic heterocycles. The van der Waals surface area contributed by atoms with Gasteiger partial charge in [-0.15, -0.1) is 11.3 Å². The molecule has 2 heterocycles. The third kappa shape index (κ3) is 3.02. The van der Waals surface area contributed by atoms with Crippen molar-refractivity contribution < 1.29 is 0 Å². The minimum atomic E-state index is 0.423. The highest BCUT2D eigenvalue weighted by Gasteiger charge is 2.18. The van der Waals surface area contributed by atoms with Crippen LogP contribution in [0, 0.1) is 5.92 Å². The molecule has 0 radical (unpaired) electrons. The van der Waals surface area contributed by atoms with Crippen molar-refractivity contribution in [3.8, 4) is 10.6 Å². The summed E-state index contributed by atoms with van der Waals surface area (Å²) >= 11 is 5.20. The van der Waals surface area contributed by atoms with Gasteiger partial charge < -0.3 is 10.3 Å². The Hall–Kier alpha value is -0.650. The molecule has 3 nitrogen and oxygen atoms in total. The fraction of sp³-hybridized carbons (Fsp3) is 0.462. The summed E-state index contributed by atoms with van der Waals surface area (Å²) in [5, 5.41) is 3.24. The molecule has 18 heavy (non-hydrogen) atoms. The van der Waals surface area contributed by atoms with E-state index in [1.165, 1.54) is 4.88 Å². The van der Waals surface area contributed by atoms with Crippen LogP contribution in [0.1, 0.15) is 25.6 Å². The minimum Gasteiger partial charge on any atom is -0.341 e. The highest BCUT2D eigenvalue weighted by molar-refractivity contribution is 9.11. The molecule has 2 N–H and O–H groups in total. The SMILES string of the molecule is CNCC(c1ncc(-c2ccc(Br)s2)[nH]1)C(C)C. The zero-order valence-electron chi connectivity index (χ0n) is 10.8. The molecule has 1 atom stereocenters. The monoisotopic (exact) mass is 327 g/mol. The Labute approximate surface area is 120 Å². The average molecular weight is 328 g/mol. The number of hydrogen-bond donors (Lipinski definition) is 2. The molecule has 5 heteroatoms. The van der Waals surface area contributed by atoms with Gasteiger partial charge in [-0.05, 0) is 41.0 Å². The molecule has 2 aromatic rings. The van der Waals surface area contributed by atoms with Crippen LogP contribution in [-0.4, -0.2) is 23.6 Å².